The van der Waals surface area contributed by atoms with Gasteiger partial charge in [-0.25, -0.2) is 9.97 Å². The second-order valence-corrected chi connectivity index (χ2v) is 13.4. The van der Waals surface area contributed by atoms with Gasteiger partial charge in [0.25, 0.3) is 0 Å². The van der Waals surface area contributed by atoms with Gasteiger partial charge in [-0.1, -0.05) is 124 Å². The highest BCUT2D eigenvalue weighted by atomic mass is 32.2. The van der Waals surface area contributed by atoms with Crippen LogP contribution < -0.4 is 0 Å². The summed E-state index contributed by atoms with van der Waals surface area (Å²) in [6.45, 7) is 0. The lowest BCUT2D eigenvalue weighted by atomic mass is 10.1. The predicted molar refractivity (Wildman–Crippen MR) is 186 cm³/mol. The van der Waals surface area contributed by atoms with Crippen molar-refractivity contribution in [2.24, 2.45) is 0 Å². The number of aromatic nitrogens is 2. The van der Waals surface area contributed by atoms with E-state index in [1.807, 2.05) is 23.5 Å². The summed E-state index contributed by atoms with van der Waals surface area (Å²) in [6, 6.07) is 34.3. The van der Waals surface area contributed by atoms with Gasteiger partial charge < -0.3 is 0 Å². The third-order valence-corrected chi connectivity index (χ3v) is 10.6. The minimum absolute atomic E-state index is 1.11. The number of nitrogens with zero attached hydrogens (tertiary/aromatic N) is 2. The molecule has 0 atom stereocenters. The molecular weight excluding hydrogens is 549 g/mol. The monoisotopic (exact) mass is 588 g/mol. The van der Waals surface area contributed by atoms with Crippen LogP contribution in [0.3, 0.4) is 0 Å². The highest BCUT2D eigenvalue weighted by Crippen LogP contribution is 2.36. The van der Waals surface area contributed by atoms with Gasteiger partial charge in [0, 0.05) is 31.3 Å². The third kappa shape index (κ3) is 7.10. The van der Waals surface area contributed by atoms with Crippen LogP contribution in [-0.2, 0) is 0 Å². The van der Waals surface area contributed by atoms with E-state index < -0.39 is 0 Å². The van der Waals surface area contributed by atoms with Crippen molar-refractivity contribution in [3.63, 3.8) is 0 Å². The first-order valence-electron chi connectivity index (χ1n) is 15.7. The number of para-hydroxylation sites is 4. The number of fused-ring (bicyclic) bond motifs is 4. The van der Waals surface area contributed by atoms with Crippen molar-refractivity contribution in [3.8, 4) is 0 Å². The van der Waals surface area contributed by atoms with Crippen molar-refractivity contribution in [2.75, 3.05) is 11.5 Å². The molecule has 0 aliphatic rings. The summed E-state index contributed by atoms with van der Waals surface area (Å²) in [5.74, 6) is 2.36. The Morgan fingerprint density at radius 3 is 0.905 bits per heavy atom. The Kier molecular flexibility index (Phi) is 10.3. The Labute approximate surface area is 258 Å². The van der Waals surface area contributed by atoms with Gasteiger partial charge in [-0.15, -0.1) is 23.5 Å². The first-order valence-corrected chi connectivity index (χ1v) is 17.7. The van der Waals surface area contributed by atoms with Crippen LogP contribution in [0.2, 0.25) is 0 Å². The quantitative estimate of drug-likeness (QED) is 0.0677. The van der Waals surface area contributed by atoms with Crippen molar-refractivity contribution >= 4 is 67.1 Å². The molecule has 0 saturated carbocycles. The molecule has 2 heterocycles. The zero-order chi connectivity index (χ0) is 28.4. The summed E-state index contributed by atoms with van der Waals surface area (Å²) in [4.78, 5) is 12.5. The summed E-state index contributed by atoms with van der Waals surface area (Å²) < 4.78 is 0. The molecule has 6 aromatic rings. The van der Waals surface area contributed by atoms with Crippen molar-refractivity contribution in [2.45, 2.75) is 74.0 Å². The maximum atomic E-state index is 4.87. The van der Waals surface area contributed by atoms with E-state index in [1.54, 1.807) is 0 Å². The molecule has 214 valence electrons. The van der Waals surface area contributed by atoms with Gasteiger partial charge in [-0.3, -0.25) is 0 Å². The molecule has 0 aliphatic carbocycles. The number of unbranched alkanes of at least 4 members (excludes halogenated alkanes) is 9. The van der Waals surface area contributed by atoms with Crippen LogP contribution in [0, 0.1) is 0 Å². The van der Waals surface area contributed by atoms with E-state index in [0.29, 0.717) is 0 Å². The van der Waals surface area contributed by atoms with Crippen LogP contribution in [0.5, 0.6) is 0 Å². The van der Waals surface area contributed by atoms with Crippen LogP contribution in [0.15, 0.2) is 107 Å². The lowest BCUT2D eigenvalue weighted by Crippen LogP contribution is -1.89. The lowest BCUT2D eigenvalue weighted by Gasteiger charge is -2.10. The van der Waals surface area contributed by atoms with Gasteiger partial charge in [-0.05, 0) is 48.6 Å². The predicted octanol–water partition coefficient (Wildman–Crippen LogP) is 11.9. The van der Waals surface area contributed by atoms with Crippen LogP contribution in [0.4, 0.5) is 0 Å². The largest absolute Gasteiger partial charge is 0.248 e. The molecule has 0 saturated heterocycles. The van der Waals surface area contributed by atoms with Gasteiger partial charge in [0.05, 0.1) is 22.1 Å². The highest BCUT2D eigenvalue weighted by molar-refractivity contribution is 8.00. The summed E-state index contributed by atoms with van der Waals surface area (Å²) in [5, 5.41) is 5.16. The molecular formula is C38H40N2S2. The molecule has 0 aliphatic heterocycles. The van der Waals surface area contributed by atoms with Crippen LogP contribution in [-0.4, -0.2) is 21.5 Å². The Morgan fingerprint density at radius 1 is 0.333 bits per heavy atom. The van der Waals surface area contributed by atoms with Gasteiger partial charge >= 0.3 is 0 Å². The Balaban J connectivity index is 0.846. The minimum atomic E-state index is 1.11. The Bertz CT molecular complexity index is 1520. The first kappa shape index (κ1) is 29.0. The smallest absolute Gasteiger partial charge is 0.0721 e. The SMILES string of the molecule is c1ccc2c(SCCCCCCCCCCCCSc3c4ccccc4nc4ccccc34)c3ccccc3nc2c1. The minimum Gasteiger partial charge on any atom is -0.248 e. The van der Waals surface area contributed by atoms with Crippen LogP contribution in [0.1, 0.15) is 64.2 Å². The summed E-state index contributed by atoms with van der Waals surface area (Å²) >= 11 is 4.03. The molecule has 0 spiro atoms. The Morgan fingerprint density at radius 2 is 0.595 bits per heavy atom. The fourth-order valence-corrected chi connectivity index (χ4v) is 8.30. The molecule has 0 amide bonds. The van der Waals surface area contributed by atoms with Crippen LogP contribution in [0.25, 0.3) is 43.6 Å². The number of hydrogen-bond acceptors (Lipinski definition) is 4. The van der Waals surface area contributed by atoms with E-state index in [2.05, 4.69) is 97.1 Å². The van der Waals surface area contributed by atoms with Gasteiger partial charge in [0.1, 0.15) is 0 Å². The number of rotatable bonds is 15. The van der Waals surface area contributed by atoms with Crippen molar-refractivity contribution in [3.05, 3.63) is 97.1 Å². The Hall–Kier alpha value is -3.08. The first-order chi connectivity index (χ1) is 20.9. The number of hydrogen-bond donors (Lipinski definition) is 0. The molecule has 0 radical (unpaired) electrons. The van der Waals surface area contributed by atoms with E-state index in [1.165, 1.54) is 107 Å². The zero-order valence-corrected chi connectivity index (χ0v) is 26.1. The molecule has 4 heteroatoms. The van der Waals surface area contributed by atoms with Gasteiger partial charge in [-0.2, -0.15) is 0 Å². The molecule has 4 aromatic carbocycles. The molecule has 42 heavy (non-hydrogen) atoms. The zero-order valence-electron chi connectivity index (χ0n) is 24.4. The van der Waals surface area contributed by atoms with Crippen molar-refractivity contribution in [1.82, 2.24) is 9.97 Å². The fraction of sp³-hybridized carbons (Fsp3) is 0.316. The molecule has 0 unspecified atom stereocenters. The average molecular weight is 589 g/mol. The second-order valence-electron chi connectivity index (χ2n) is 11.2. The molecule has 0 bridgehead atoms. The highest BCUT2D eigenvalue weighted by Gasteiger charge is 2.10. The van der Waals surface area contributed by atoms with E-state index >= 15 is 0 Å². The topological polar surface area (TPSA) is 25.8 Å². The van der Waals surface area contributed by atoms with E-state index in [4.69, 9.17) is 9.97 Å². The molecule has 2 aromatic heterocycles. The van der Waals surface area contributed by atoms with E-state index in [9.17, 15) is 0 Å². The number of thioether (sulfide) groups is 2. The number of pyridine rings is 2. The van der Waals surface area contributed by atoms with Gasteiger partial charge in [0.15, 0.2) is 0 Å². The molecule has 6 rings (SSSR count). The number of benzene rings is 4. The maximum absolute atomic E-state index is 4.87. The van der Waals surface area contributed by atoms with E-state index in [0.717, 1.165) is 22.1 Å². The van der Waals surface area contributed by atoms with Crippen molar-refractivity contribution < 1.29 is 0 Å². The standard InChI is InChI=1S/C38H40N2S2/c1(3-5-7-17-27-41-37-29-19-9-13-23-33(29)39-34-24-14-10-20-30(34)37)2-4-6-8-18-28-42-38-31-21-11-15-25-35(31)40-36-26-16-12-22-32(36)38/h9-16,19-26H,1-8,17-18,27-28H2. The lowest BCUT2D eigenvalue weighted by molar-refractivity contribution is 0.564. The maximum Gasteiger partial charge on any atom is 0.0721 e. The fourth-order valence-electron chi connectivity index (χ4n) is 5.88. The summed E-state index contributed by atoms with van der Waals surface area (Å²) in [6.07, 6.45) is 13.5. The second kappa shape index (κ2) is 14.9. The van der Waals surface area contributed by atoms with Crippen molar-refractivity contribution in [1.29, 1.82) is 0 Å². The molecule has 0 N–H and O–H groups in total. The van der Waals surface area contributed by atoms with E-state index in [-0.39, 0.29) is 0 Å². The normalized spacial score (nSPS) is 11.7. The summed E-state index contributed by atoms with van der Waals surface area (Å²) in [5.41, 5.74) is 4.42. The summed E-state index contributed by atoms with van der Waals surface area (Å²) in [7, 11) is 0. The van der Waals surface area contributed by atoms with Gasteiger partial charge in [0.2, 0.25) is 0 Å². The van der Waals surface area contributed by atoms with Crippen LogP contribution >= 0.6 is 23.5 Å². The third-order valence-electron chi connectivity index (χ3n) is 8.11. The molecule has 0 fully saturated rings. The average Bonchev–Trinajstić information content (AvgIpc) is 3.04. The molecule has 2 nitrogen and oxygen atoms in total.